The number of para-hydroxylation sites is 2. The number of carbonyl (C=O) groups is 1. The van der Waals surface area contributed by atoms with Gasteiger partial charge in [0.1, 0.15) is 5.75 Å². The first kappa shape index (κ1) is 15.3. The molecule has 1 aromatic heterocycles. The molecule has 1 heterocycles. The number of amides is 2. The zero-order valence-electron chi connectivity index (χ0n) is 12.0. The van der Waals surface area contributed by atoms with Gasteiger partial charge in [-0.05, 0) is 18.6 Å². The van der Waals surface area contributed by atoms with E-state index in [1.165, 1.54) is 16.2 Å². The first-order valence-electron chi connectivity index (χ1n) is 6.95. The number of ether oxygens (including phenoxy) is 1. The highest BCUT2D eigenvalue weighted by Gasteiger charge is 2.21. The summed E-state index contributed by atoms with van der Waals surface area (Å²) in [5.74, 6) is 0.641. The van der Waals surface area contributed by atoms with Gasteiger partial charge in [0.2, 0.25) is 0 Å². The van der Waals surface area contributed by atoms with E-state index in [1.54, 1.807) is 17.6 Å². The molecule has 2 rings (SSSR count). The third kappa shape index (κ3) is 3.95. The summed E-state index contributed by atoms with van der Waals surface area (Å²) < 4.78 is 5.80. The molecular weight excluding hydrogens is 286 g/mol. The maximum Gasteiger partial charge on any atom is 0.325 e. The van der Waals surface area contributed by atoms with E-state index in [4.69, 9.17) is 10.5 Å². The lowest BCUT2D eigenvalue weighted by Crippen LogP contribution is -2.31. The molecule has 0 spiro atoms. The Morgan fingerprint density at radius 3 is 2.86 bits per heavy atom. The molecule has 0 saturated carbocycles. The van der Waals surface area contributed by atoms with Crippen LogP contribution < -0.4 is 15.4 Å². The van der Waals surface area contributed by atoms with Gasteiger partial charge in [0, 0.05) is 11.6 Å². The van der Waals surface area contributed by atoms with Gasteiger partial charge in [0.25, 0.3) is 0 Å². The molecule has 0 aliphatic rings. The van der Waals surface area contributed by atoms with Crippen LogP contribution in [0.25, 0.3) is 0 Å². The normalized spacial score (nSPS) is 10.3. The fraction of sp³-hybridized carbons (Fsp3) is 0.333. The van der Waals surface area contributed by atoms with E-state index in [0.717, 1.165) is 19.3 Å². The van der Waals surface area contributed by atoms with Crippen molar-refractivity contribution in [2.45, 2.75) is 26.2 Å². The second kappa shape index (κ2) is 7.64. The Balaban J connectivity index is 2.22. The van der Waals surface area contributed by atoms with Gasteiger partial charge in [-0.1, -0.05) is 31.9 Å². The number of benzene rings is 1. The third-order valence-electron chi connectivity index (χ3n) is 2.94. The average molecular weight is 305 g/mol. The number of thiazole rings is 1. The third-order valence-corrected chi connectivity index (χ3v) is 3.70. The number of urea groups is 1. The van der Waals surface area contributed by atoms with Crippen LogP contribution in [-0.4, -0.2) is 17.6 Å². The number of unbranched alkanes of at least 4 members (excludes halogenated alkanes) is 2. The van der Waals surface area contributed by atoms with Crippen molar-refractivity contribution in [2.24, 2.45) is 5.73 Å². The topological polar surface area (TPSA) is 68.5 Å². The van der Waals surface area contributed by atoms with Crippen LogP contribution in [0, 0.1) is 0 Å². The Hall–Kier alpha value is -2.08. The minimum atomic E-state index is -0.574. The number of hydrogen-bond donors (Lipinski definition) is 1. The monoisotopic (exact) mass is 305 g/mol. The van der Waals surface area contributed by atoms with Gasteiger partial charge in [-0.25, -0.2) is 14.7 Å². The van der Waals surface area contributed by atoms with Crippen LogP contribution in [-0.2, 0) is 0 Å². The number of nitrogens with two attached hydrogens (primary N) is 1. The number of carbonyl (C=O) groups excluding carboxylic acids is 1. The molecule has 0 saturated heterocycles. The second-order valence-corrected chi connectivity index (χ2v) is 5.38. The fourth-order valence-electron chi connectivity index (χ4n) is 1.94. The molecule has 0 aliphatic heterocycles. The lowest BCUT2D eigenvalue weighted by atomic mass is 10.2. The van der Waals surface area contributed by atoms with Crippen LogP contribution in [0.1, 0.15) is 26.2 Å². The van der Waals surface area contributed by atoms with Gasteiger partial charge < -0.3 is 10.5 Å². The first-order valence-corrected chi connectivity index (χ1v) is 7.83. The van der Waals surface area contributed by atoms with Crippen molar-refractivity contribution in [3.8, 4) is 5.75 Å². The molecule has 0 aliphatic carbocycles. The Labute approximate surface area is 128 Å². The van der Waals surface area contributed by atoms with E-state index in [2.05, 4.69) is 11.9 Å². The number of primary amides is 1. The minimum Gasteiger partial charge on any atom is -0.491 e. The molecular formula is C15H19N3O2S. The molecule has 1 aromatic carbocycles. The lowest BCUT2D eigenvalue weighted by molar-refractivity contribution is 0.255. The van der Waals surface area contributed by atoms with Gasteiger partial charge in [-0.3, -0.25) is 0 Å². The number of anilines is 2. The summed E-state index contributed by atoms with van der Waals surface area (Å²) in [7, 11) is 0. The molecule has 5 nitrogen and oxygen atoms in total. The number of aromatic nitrogens is 1. The van der Waals surface area contributed by atoms with Crippen LogP contribution in [0.4, 0.5) is 15.6 Å². The summed E-state index contributed by atoms with van der Waals surface area (Å²) in [5, 5.41) is 2.34. The van der Waals surface area contributed by atoms with Crippen molar-refractivity contribution in [3.63, 3.8) is 0 Å². The molecule has 0 radical (unpaired) electrons. The smallest absolute Gasteiger partial charge is 0.325 e. The van der Waals surface area contributed by atoms with E-state index in [-0.39, 0.29) is 0 Å². The van der Waals surface area contributed by atoms with E-state index < -0.39 is 6.03 Å². The number of hydrogen-bond acceptors (Lipinski definition) is 4. The van der Waals surface area contributed by atoms with Crippen molar-refractivity contribution in [3.05, 3.63) is 35.8 Å². The van der Waals surface area contributed by atoms with Crippen LogP contribution in [0.3, 0.4) is 0 Å². The highest BCUT2D eigenvalue weighted by Crippen LogP contribution is 2.34. The standard InChI is InChI=1S/C15H19N3O2S/c1-2-3-6-10-20-13-8-5-4-7-12(13)18(14(16)19)15-17-9-11-21-15/h4-5,7-9,11H,2-3,6,10H2,1H3,(H2,16,19). The molecule has 2 aromatic rings. The Kier molecular flexibility index (Phi) is 5.57. The predicted octanol–water partition coefficient (Wildman–Crippen LogP) is 3.93. The molecule has 0 unspecified atom stereocenters. The van der Waals surface area contributed by atoms with Crippen molar-refractivity contribution < 1.29 is 9.53 Å². The molecule has 0 fully saturated rings. The molecule has 0 atom stereocenters. The lowest BCUT2D eigenvalue weighted by Gasteiger charge is -2.20. The van der Waals surface area contributed by atoms with E-state index in [0.29, 0.717) is 23.2 Å². The minimum absolute atomic E-state index is 0.534. The van der Waals surface area contributed by atoms with Gasteiger partial charge in [0.15, 0.2) is 5.13 Å². The summed E-state index contributed by atoms with van der Waals surface area (Å²) in [4.78, 5) is 17.3. The number of nitrogens with zero attached hydrogens (tertiary/aromatic N) is 2. The highest BCUT2D eigenvalue weighted by atomic mass is 32.1. The maximum absolute atomic E-state index is 11.8. The Bertz CT molecular complexity index is 572. The number of rotatable bonds is 7. The zero-order chi connectivity index (χ0) is 15.1. The van der Waals surface area contributed by atoms with E-state index >= 15 is 0 Å². The van der Waals surface area contributed by atoms with Crippen molar-refractivity contribution in [1.82, 2.24) is 4.98 Å². The SMILES string of the molecule is CCCCCOc1ccccc1N(C(N)=O)c1nccs1. The Morgan fingerprint density at radius 1 is 1.38 bits per heavy atom. The molecule has 2 amide bonds. The van der Waals surface area contributed by atoms with Crippen LogP contribution >= 0.6 is 11.3 Å². The molecule has 21 heavy (non-hydrogen) atoms. The molecule has 112 valence electrons. The van der Waals surface area contributed by atoms with Crippen LogP contribution in [0.15, 0.2) is 35.8 Å². The maximum atomic E-state index is 11.8. The fourth-order valence-corrected chi connectivity index (χ4v) is 2.60. The second-order valence-electron chi connectivity index (χ2n) is 4.51. The predicted molar refractivity (Wildman–Crippen MR) is 85.3 cm³/mol. The summed E-state index contributed by atoms with van der Waals surface area (Å²) >= 11 is 1.35. The summed E-state index contributed by atoms with van der Waals surface area (Å²) in [5.41, 5.74) is 6.13. The van der Waals surface area contributed by atoms with Gasteiger partial charge >= 0.3 is 6.03 Å². The summed E-state index contributed by atoms with van der Waals surface area (Å²) in [6.45, 7) is 2.76. The summed E-state index contributed by atoms with van der Waals surface area (Å²) in [6, 6.07) is 6.79. The van der Waals surface area contributed by atoms with Crippen LogP contribution in [0.2, 0.25) is 0 Å². The van der Waals surface area contributed by atoms with Gasteiger partial charge in [-0.15, -0.1) is 11.3 Å². The molecule has 0 bridgehead atoms. The van der Waals surface area contributed by atoms with Crippen LogP contribution in [0.5, 0.6) is 5.75 Å². The van der Waals surface area contributed by atoms with Gasteiger partial charge in [0.05, 0.1) is 12.3 Å². The van der Waals surface area contributed by atoms with E-state index in [9.17, 15) is 4.79 Å². The Morgan fingerprint density at radius 2 is 2.19 bits per heavy atom. The van der Waals surface area contributed by atoms with Crippen molar-refractivity contribution >= 4 is 28.2 Å². The largest absolute Gasteiger partial charge is 0.491 e. The first-order chi connectivity index (χ1) is 10.2. The van der Waals surface area contributed by atoms with E-state index in [1.807, 2.05) is 18.2 Å². The van der Waals surface area contributed by atoms with Crippen molar-refractivity contribution in [2.75, 3.05) is 11.5 Å². The average Bonchev–Trinajstić information content (AvgIpc) is 2.99. The van der Waals surface area contributed by atoms with Crippen molar-refractivity contribution in [1.29, 1.82) is 0 Å². The zero-order valence-corrected chi connectivity index (χ0v) is 12.8. The quantitative estimate of drug-likeness (QED) is 0.788. The molecule has 6 heteroatoms. The van der Waals surface area contributed by atoms with Gasteiger partial charge in [-0.2, -0.15) is 0 Å². The summed E-state index contributed by atoms with van der Waals surface area (Å²) in [6.07, 6.45) is 4.88. The highest BCUT2D eigenvalue weighted by molar-refractivity contribution is 7.13. The molecule has 2 N–H and O–H groups in total.